The van der Waals surface area contributed by atoms with E-state index in [1.165, 1.54) is 0 Å². The topological polar surface area (TPSA) is 87.6 Å². The third-order valence-electron chi connectivity index (χ3n) is 4.46. The number of hydrogen-bond donors (Lipinski definition) is 2. The van der Waals surface area contributed by atoms with Gasteiger partial charge in [-0.05, 0) is 31.9 Å². The highest BCUT2D eigenvalue weighted by atomic mass is 16.2. The monoisotopic (exact) mass is 313 g/mol. The van der Waals surface area contributed by atoms with Crippen LogP contribution in [0.25, 0.3) is 0 Å². The molecular weight excluding hydrogens is 294 g/mol. The fraction of sp³-hybridized carbons (Fsp3) is 0.412. The lowest BCUT2D eigenvalue weighted by Crippen LogP contribution is -2.36. The maximum Gasteiger partial charge on any atom is 0.268 e. The van der Waals surface area contributed by atoms with Crippen LogP contribution in [0, 0.1) is 5.92 Å². The highest BCUT2D eigenvalue weighted by molar-refractivity contribution is 6.12. The molecule has 0 aromatic rings. The van der Waals surface area contributed by atoms with Crippen molar-refractivity contribution in [2.45, 2.75) is 39.2 Å². The van der Waals surface area contributed by atoms with Crippen LogP contribution < -0.4 is 10.6 Å². The molecule has 0 spiro atoms. The van der Waals surface area contributed by atoms with Gasteiger partial charge in [-0.25, -0.2) is 4.99 Å². The summed E-state index contributed by atoms with van der Waals surface area (Å²) in [5.74, 6) is -0.526. The van der Waals surface area contributed by atoms with Crippen molar-refractivity contribution < 1.29 is 14.4 Å². The Morgan fingerprint density at radius 3 is 2.83 bits per heavy atom. The summed E-state index contributed by atoms with van der Waals surface area (Å²) in [4.78, 5) is 39.4. The molecule has 1 saturated heterocycles. The number of fused-ring (bicyclic) bond motifs is 1. The van der Waals surface area contributed by atoms with Crippen LogP contribution >= 0.6 is 0 Å². The van der Waals surface area contributed by atoms with Crippen molar-refractivity contribution in [3.63, 3.8) is 0 Å². The molecule has 2 N–H and O–H groups in total. The lowest BCUT2D eigenvalue weighted by molar-refractivity contribution is -0.123. The van der Waals surface area contributed by atoms with Gasteiger partial charge in [-0.2, -0.15) is 0 Å². The van der Waals surface area contributed by atoms with E-state index < -0.39 is 6.04 Å². The number of hydrogen-bond acceptors (Lipinski definition) is 3. The van der Waals surface area contributed by atoms with E-state index in [2.05, 4.69) is 15.6 Å². The van der Waals surface area contributed by atoms with Crippen LogP contribution in [-0.4, -0.2) is 29.5 Å². The second-order valence-electron chi connectivity index (χ2n) is 5.94. The summed E-state index contributed by atoms with van der Waals surface area (Å²) in [5, 5.41) is 5.49. The van der Waals surface area contributed by atoms with Gasteiger partial charge >= 0.3 is 0 Å². The number of aliphatic imine (C=N–C) groups is 1. The SMILES string of the molecule is CCC1=C(C)C2C=CC(=NC(=O)C3CCC(=O)N3)C=C2NC1=O. The van der Waals surface area contributed by atoms with E-state index in [0.717, 1.165) is 16.8 Å². The molecule has 3 rings (SSSR count). The molecule has 1 aliphatic carbocycles. The number of allylic oxidation sites excluding steroid dienone is 3. The first-order valence-corrected chi connectivity index (χ1v) is 7.82. The predicted octanol–water partition coefficient (Wildman–Crippen LogP) is 1.16. The van der Waals surface area contributed by atoms with Gasteiger partial charge in [0.15, 0.2) is 0 Å². The highest BCUT2D eigenvalue weighted by Crippen LogP contribution is 2.31. The van der Waals surface area contributed by atoms with Crippen molar-refractivity contribution in [2.75, 3.05) is 0 Å². The van der Waals surface area contributed by atoms with Gasteiger partial charge in [0.05, 0.1) is 5.71 Å². The zero-order valence-electron chi connectivity index (χ0n) is 13.2. The summed E-state index contributed by atoms with van der Waals surface area (Å²) < 4.78 is 0. The molecule has 0 aromatic carbocycles. The Balaban J connectivity index is 1.82. The first kappa shape index (κ1) is 15.4. The minimum atomic E-state index is -0.534. The molecule has 120 valence electrons. The number of nitrogens with zero attached hydrogens (tertiary/aromatic N) is 1. The summed E-state index contributed by atoms with van der Waals surface area (Å²) in [6, 6.07) is -0.534. The molecule has 3 aliphatic rings. The molecule has 0 radical (unpaired) electrons. The molecule has 0 bridgehead atoms. The molecule has 1 fully saturated rings. The van der Waals surface area contributed by atoms with Gasteiger partial charge in [0.1, 0.15) is 6.04 Å². The van der Waals surface area contributed by atoms with E-state index in [1.54, 1.807) is 12.2 Å². The quantitative estimate of drug-likeness (QED) is 0.802. The van der Waals surface area contributed by atoms with Crippen LogP contribution in [0.2, 0.25) is 0 Å². The third-order valence-corrected chi connectivity index (χ3v) is 4.46. The van der Waals surface area contributed by atoms with E-state index in [9.17, 15) is 14.4 Å². The van der Waals surface area contributed by atoms with Gasteiger partial charge in [0.25, 0.3) is 11.8 Å². The van der Waals surface area contributed by atoms with Crippen molar-refractivity contribution in [3.8, 4) is 0 Å². The maximum absolute atomic E-state index is 12.1. The fourth-order valence-electron chi connectivity index (χ4n) is 3.17. The largest absolute Gasteiger partial charge is 0.344 e. The smallest absolute Gasteiger partial charge is 0.268 e. The highest BCUT2D eigenvalue weighted by Gasteiger charge is 2.30. The lowest BCUT2D eigenvalue weighted by atomic mass is 9.84. The summed E-state index contributed by atoms with van der Waals surface area (Å²) in [5.41, 5.74) is 3.08. The third kappa shape index (κ3) is 2.88. The first-order valence-electron chi connectivity index (χ1n) is 7.82. The van der Waals surface area contributed by atoms with Crippen LogP contribution in [0.4, 0.5) is 0 Å². The van der Waals surface area contributed by atoms with E-state index in [4.69, 9.17) is 0 Å². The molecule has 6 heteroatoms. The Morgan fingerprint density at radius 2 is 2.17 bits per heavy atom. The van der Waals surface area contributed by atoms with E-state index in [0.29, 0.717) is 25.0 Å². The number of rotatable bonds is 2. The molecular formula is C17H19N3O3. The van der Waals surface area contributed by atoms with Gasteiger partial charge in [0, 0.05) is 23.6 Å². The van der Waals surface area contributed by atoms with Gasteiger partial charge in [-0.3, -0.25) is 14.4 Å². The van der Waals surface area contributed by atoms with Crippen molar-refractivity contribution in [3.05, 3.63) is 35.1 Å². The fourth-order valence-corrected chi connectivity index (χ4v) is 3.17. The Kier molecular flexibility index (Phi) is 3.98. The van der Waals surface area contributed by atoms with Crippen LogP contribution in [0.5, 0.6) is 0 Å². The molecule has 3 amide bonds. The molecule has 2 heterocycles. The Bertz CT molecular complexity index is 713. The molecule has 2 aliphatic heterocycles. The van der Waals surface area contributed by atoms with Gasteiger partial charge in [0.2, 0.25) is 5.91 Å². The molecule has 2 atom stereocenters. The van der Waals surface area contributed by atoms with E-state index >= 15 is 0 Å². The minimum absolute atomic E-state index is 0.0304. The zero-order valence-corrected chi connectivity index (χ0v) is 13.2. The normalized spacial score (nSPS) is 28.4. The number of amides is 3. The average molecular weight is 313 g/mol. The van der Waals surface area contributed by atoms with Gasteiger partial charge in [-0.15, -0.1) is 0 Å². The van der Waals surface area contributed by atoms with Crippen LogP contribution in [-0.2, 0) is 14.4 Å². The lowest BCUT2D eigenvalue weighted by Gasteiger charge is -2.29. The van der Waals surface area contributed by atoms with E-state index in [-0.39, 0.29) is 23.6 Å². The van der Waals surface area contributed by atoms with Crippen LogP contribution in [0.1, 0.15) is 33.1 Å². The number of carbonyl (C=O) groups excluding carboxylic acids is 3. The van der Waals surface area contributed by atoms with Crippen LogP contribution in [0.3, 0.4) is 0 Å². The molecule has 2 unspecified atom stereocenters. The van der Waals surface area contributed by atoms with E-state index in [1.807, 2.05) is 19.9 Å². The Hall–Kier alpha value is -2.50. The summed E-state index contributed by atoms with van der Waals surface area (Å²) in [7, 11) is 0. The summed E-state index contributed by atoms with van der Waals surface area (Å²) >= 11 is 0. The first-order chi connectivity index (χ1) is 11.0. The number of carbonyl (C=O) groups is 3. The van der Waals surface area contributed by atoms with Gasteiger partial charge < -0.3 is 10.6 Å². The molecule has 23 heavy (non-hydrogen) atoms. The Labute approximate surface area is 134 Å². The summed E-state index contributed by atoms with van der Waals surface area (Å²) in [6.07, 6.45) is 7.00. The standard InChI is InChI=1S/C17H19N3O3/c1-3-11-9(2)12-5-4-10(8-14(12)20-16(11)22)18-17(23)13-6-7-15(21)19-13/h4-5,8,12-13H,3,6-7H2,1-2H3,(H,19,21)(H,20,22). The second-order valence-corrected chi connectivity index (χ2v) is 5.94. The van der Waals surface area contributed by atoms with Crippen molar-refractivity contribution in [1.29, 1.82) is 0 Å². The predicted molar refractivity (Wildman–Crippen MR) is 85.5 cm³/mol. The molecule has 6 nitrogen and oxygen atoms in total. The molecule has 0 saturated carbocycles. The summed E-state index contributed by atoms with van der Waals surface area (Å²) in [6.45, 7) is 3.92. The van der Waals surface area contributed by atoms with Gasteiger partial charge in [-0.1, -0.05) is 18.6 Å². The van der Waals surface area contributed by atoms with Crippen LogP contribution in [0.15, 0.2) is 40.1 Å². The zero-order chi connectivity index (χ0) is 16.6. The van der Waals surface area contributed by atoms with Crippen molar-refractivity contribution in [2.24, 2.45) is 10.9 Å². The molecule has 0 aromatic heterocycles. The maximum atomic E-state index is 12.1. The Morgan fingerprint density at radius 1 is 1.39 bits per heavy atom. The van der Waals surface area contributed by atoms with Crippen molar-refractivity contribution >= 4 is 23.4 Å². The number of nitrogens with one attached hydrogen (secondary N) is 2. The average Bonchev–Trinajstić information content (AvgIpc) is 2.94. The van der Waals surface area contributed by atoms with Crippen molar-refractivity contribution in [1.82, 2.24) is 10.6 Å². The minimum Gasteiger partial charge on any atom is -0.344 e. The second kappa shape index (κ2) is 5.95.